The fourth-order valence-electron chi connectivity index (χ4n) is 3.20. The van der Waals surface area contributed by atoms with E-state index in [2.05, 4.69) is 0 Å². The molecule has 0 saturated carbocycles. The molecule has 1 aliphatic rings. The van der Waals surface area contributed by atoms with Gasteiger partial charge in [-0.3, -0.25) is 0 Å². The van der Waals surface area contributed by atoms with E-state index in [1.807, 2.05) is 24.3 Å². The van der Waals surface area contributed by atoms with E-state index in [1.54, 1.807) is 0 Å². The predicted molar refractivity (Wildman–Crippen MR) is 77.9 cm³/mol. The molecular weight excluding hydrogens is 270 g/mol. The highest BCUT2D eigenvalue weighted by molar-refractivity contribution is 5.31. The first-order valence-electron chi connectivity index (χ1n) is 7.35. The van der Waals surface area contributed by atoms with Crippen molar-refractivity contribution >= 4 is 0 Å². The van der Waals surface area contributed by atoms with Crippen molar-refractivity contribution in [1.82, 2.24) is 0 Å². The lowest BCUT2D eigenvalue weighted by molar-refractivity contribution is 0.104. The van der Waals surface area contributed by atoms with E-state index in [9.17, 15) is 13.9 Å². The fourth-order valence-corrected chi connectivity index (χ4v) is 3.20. The molecule has 0 saturated heterocycles. The van der Waals surface area contributed by atoms with E-state index >= 15 is 0 Å². The van der Waals surface area contributed by atoms with E-state index in [1.165, 1.54) is 17.7 Å². The van der Waals surface area contributed by atoms with E-state index in [-0.39, 0.29) is 5.92 Å². The summed E-state index contributed by atoms with van der Waals surface area (Å²) in [6.07, 6.45) is 2.60. The Hall–Kier alpha value is -1.74. The average molecular weight is 288 g/mol. The van der Waals surface area contributed by atoms with Crippen LogP contribution in [0.15, 0.2) is 42.5 Å². The Kier molecular flexibility index (Phi) is 4.02. The molecule has 0 aromatic heterocycles. The van der Waals surface area contributed by atoms with Crippen LogP contribution in [0.5, 0.6) is 0 Å². The highest BCUT2D eigenvalue weighted by atomic mass is 19.1. The SMILES string of the molecule is OC1c2ccccc2CCCC1Cc1ccc(F)cc1F. The molecule has 1 aliphatic carbocycles. The summed E-state index contributed by atoms with van der Waals surface area (Å²) >= 11 is 0. The third kappa shape index (κ3) is 2.98. The van der Waals surface area contributed by atoms with Crippen LogP contribution >= 0.6 is 0 Å². The molecule has 21 heavy (non-hydrogen) atoms. The Balaban J connectivity index is 1.86. The Morgan fingerprint density at radius 2 is 1.90 bits per heavy atom. The summed E-state index contributed by atoms with van der Waals surface area (Å²) < 4.78 is 26.8. The maximum absolute atomic E-state index is 13.8. The van der Waals surface area contributed by atoms with E-state index < -0.39 is 17.7 Å². The van der Waals surface area contributed by atoms with Gasteiger partial charge in [-0.15, -0.1) is 0 Å². The van der Waals surface area contributed by atoms with Crippen molar-refractivity contribution in [2.24, 2.45) is 5.92 Å². The van der Waals surface area contributed by atoms with Crippen LogP contribution in [-0.4, -0.2) is 5.11 Å². The highest BCUT2D eigenvalue weighted by Gasteiger charge is 2.26. The highest BCUT2D eigenvalue weighted by Crippen LogP contribution is 2.35. The number of fused-ring (bicyclic) bond motifs is 1. The van der Waals surface area contributed by atoms with Crippen molar-refractivity contribution < 1.29 is 13.9 Å². The molecule has 0 bridgehead atoms. The summed E-state index contributed by atoms with van der Waals surface area (Å²) in [6.45, 7) is 0. The van der Waals surface area contributed by atoms with Crippen molar-refractivity contribution in [3.8, 4) is 0 Å². The summed E-state index contributed by atoms with van der Waals surface area (Å²) in [5, 5.41) is 10.6. The summed E-state index contributed by atoms with van der Waals surface area (Å²) in [7, 11) is 0. The first-order chi connectivity index (χ1) is 10.1. The molecular formula is C18H18F2O. The molecule has 0 fully saturated rings. The van der Waals surface area contributed by atoms with E-state index in [4.69, 9.17) is 0 Å². The topological polar surface area (TPSA) is 20.2 Å². The molecule has 1 N–H and O–H groups in total. The van der Waals surface area contributed by atoms with Gasteiger partial charge in [0.1, 0.15) is 11.6 Å². The van der Waals surface area contributed by atoms with Crippen LogP contribution in [0.1, 0.15) is 35.6 Å². The summed E-state index contributed by atoms with van der Waals surface area (Å²) in [4.78, 5) is 0. The van der Waals surface area contributed by atoms with E-state index in [0.717, 1.165) is 30.9 Å². The van der Waals surface area contributed by atoms with Gasteiger partial charge >= 0.3 is 0 Å². The average Bonchev–Trinajstić information content (AvgIpc) is 2.63. The van der Waals surface area contributed by atoms with Gasteiger partial charge in [-0.2, -0.15) is 0 Å². The maximum atomic E-state index is 13.8. The van der Waals surface area contributed by atoms with Crippen molar-refractivity contribution in [2.45, 2.75) is 31.8 Å². The van der Waals surface area contributed by atoms with Crippen molar-refractivity contribution in [3.63, 3.8) is 0 Å². The molecule has 3 heteroatoms. The lowest BCUT2D eigenvalue weighted by Crippen LogP contribution is -2.15. The molecule has 2 aromatic rings. The normalized spacial score (nSPS) is 21.7. The molecule has 2 atom stereocenters. The van der Waals surface area contributed by atoms with Crippen LogP contribution in [-0.2, 0) is 12.8 Å². The second kappa shape index (κ2) is 5.94. The zero-order chi connectivity index (χ0) is 14.8. The number of rotatable bonds is 2. The van der Waals surface area contributed by atoms with Crippen molar-refractivity contribution in [1.29, 1.82) is 0 Å². The number of halogens is 2. The molecule has 2 aromatic carbocycles. The zero-order valence-electron chi connectivity index (χ0n) is 11.7. The molecule has 2 unspecified atom stereocenters. The van der Waals surface area contributed by atoms with Gasteiger partial charge in [0, 0.05) is 6.07 Å². The van der Waals surface area contributed by atoms with Crippen LogP contribution in [0.25, 0.3) is 0 Å². The molecule has 1 nitrogen and oxygen atoms in total. The number of aliphatic hydroxyl groups is 1. The number of hydrogen-bond acceptors (Lipinski definition) is 1. The summed E-state index contributed by atoms with van der Waals surface area (Å²) in [5.74, 6) is -1.13. The lowest BCUT2D eigenvalue weighted by Gasteiger charge is -2.22. The van der Waals surface area contributed by atoms with Gasteiger partial charge in [-0.1, -0.05) is 30.3 Å². The van der Waals surface area contributed by atoms with Crippen LogP contribution in [0.2, 0.25) is 0 Å². The molecule has 0 spiro atoms. The standard InChI is InChI=1S/C18H18F2O/c19-15-9-8-13(17(20)11-15)10-14-6-3-5-12-4-1-2-7-16(12)18(14)21/h1-2,4,7-9,11,14,18,21H,3,5-6,10H2. The molecule has 0 radical (unpaired) electrons. The predicted octanol–water partition coefficient (Wildman–Crippen LogP) is 4.19. The number of benzene rings is 2. The van der Waals surface area contributed by atoms with Gasteiger partial charge in [0.25, 0.3) is 0 Å². The third-order valence-corrected chi connectivity index (χ3v) is 4.34. The van der Waals surface area contributed by atoms with Gasteiger partial charge in [0.15, 0.2) is 0 Å². The quantitative estimate of drug-likeness (QED) is 0.821. The number of aryl methyl sites for hydroxylation is 1. The van der Waals surface area contributed by atoms with Crippen LogP contribution in [0.3, 0.4) is 0 Å². The number of aliphatic hydroxyl groups excluding tert-OH is 1. The van der Waals surface area contributed by atoms with Gasteiger partial charge in [0.05, 0.1) is 6.10 Å². The molecule has 0 amide bonds. The minimum absolute atomic E-state index is 0.0337. The first-order valence-corrected chi connectivity index (χ1v) is 7.35. The van der Waals surface area contributed by atoms with Gasteiger partial charge in [-0.25, -0.2) is 8.78 Å². The second-order valence-electron chi connectivity index (χ2n) is 5.74. The maximum Gasteiger partial charge on any atom is 0.129 e. The Labute approximate surface area is 123 Å². The monoisotopic (exact) mass is 288 g/mol. The second-order valence-corrected chi connectivity index (χ2v) is 5.74. The van der Waals surface area contributed by atoms with Crippen LogP contribution < -0.4 is 0 Å². The zero-order valence-corrected chi connectivity index (χ0v) is 11.7. The Bertz CT molecular complexity index is 639. The lowest BCUT2D eigenvalue weighted by atomic mass is 9.88. The summed E-state index contributed by atoms with van der Waals surface area (Å²) in [6, 6.07) is 11.5. The van der Waals surface area contributed by atoms with Crippen molar-refractivity contribution in [2.75, 3.05) is 0 Å². The Morgan fingerprint density at radius 1 is 1.10 bits per heavy atom. The van der Waals surface area contributed by atoms with Crippen LogP contribution in [0, 0.1) is 17.6 Å². The van der Waals surface area contributed by atoms with Gasteiger partial charge < -0.3 is 5.11 Å². The minimum atomic E-state index is -0.590. The minimum Gasteiger partial charge on any atom is -0.388 e. The summed E-state index contributed by atoms with van der Waals surface area (Å²) in [5.41, 5.74) is 2.59. The largest absolute Gasteiger partial charge is 0.388 e. The molecule has 0 heterocycles. The number of hydrogen-bond donors (Lipinski definition) is 1. The van der Waals surface area contributed by atoms with E-state index in [0.29, 0.717) is 12.0 Å². The third-order valence-electron chi connectivity index (χ3n) is 4.34. The molecule has 3 rings (SSSR count). The van der Waals surface area contributed by atoms with Gasteiger partial charge in [0.2, 0.25) is 0 Å². The first kappa shape index (κ1) is 14.2. The van der Waals surface area contributed by atoms with Crippen LogP contribution in [0.4, 0.5) is 8.78 Å². The molecule has 110 valence electrons. The fraction of sp³-hybridized carbons (Fsp3) is 0.333. The smallest absolute Gasteiger partial charge is 0.129 e. The van der Waals surface area contributed by atoms with Crippen molar-refractivity contribution in [3.05, 3.63) is 70.8 Å². The Morgan fingerprint density at radius 3 is 2.71 bits per heavy atom. The van der Waals surface area contributed by atoms with Gasteiger partial charge in [-0.05, 0) is 54.4 Å². The molecule has 0 aliphatic heterocycles.